The van der Waals surface area contributed by atoms with Crippen molar-refractivity contribution < 1.29 is 0 Å². The van der Waals surface area contributed by atoms with Gasteiger partial charge in [-0.15, -0.1) is 0 Å². The lowest BCUT2D eigenvalue weighted by molar-refractivity contribution is 1.26. The summed E-state index contributed by atoms with van der Waals surface area (Å²) in [6, 6.07) is 6.13. The van der Waals surface area contributed by atoms with Gasteiger partial charge in [-0.3, -0.25) is 0 Å². The Bertz CT molecular complexity index is 292. The average Bonchev–Trinajstić information content (AvgIpc) is 2.08. The molecule has 0 unspecified atom stereocenters. The first-order chi connectivity index (χ1) is 5.75. The molecule has 0 heterocycles. The first-order valence-electron chi connectivity index (χ1n) is 3.87. The van der Waals surface area contributed by atoms with Gasteiger partial charge in [-0.05, 0) is 24.1 Å². The van der Waals surface area contributed by atoms with E-state index in [9.17, 15) is 0 Å². The molecule has 0 aliphatic rings. The second kappa shape index (κ2) is 4.43. The van der Waals surface area contributed by atoms with Crippen molar-refractivity contribution in [2.24, 2.45) is 5.73 Å². The molecule has 1 aromatic rings. The molecule has 1 rings (SSSR count). The van der Waals surface area contributed by atoms with Crippen LogP contribution in [0.3, 0.4) is 0 Å². The second-order valence-corrected chi connectivity index (χ2v) is 3.45. The molecule has 0 amide bonds. The van der Waals surface area contributed by atoms with Crippen LogP contribution in [0.2, 0.25) is 0 Å². The van der Waals surface area contributed by atoms with E-state index >= 15 is 0 Å². The molecular weight excluding hydrogens is 214 g/mol. The first-order valence-corrected chi connectivity index (χ1v) is 4.66. The third kappa shape index (κ3) is 2.19. The van der Waals surface area contributed by atoms with Crippen molar-refractivity contribution >= 4 is 22.0 Å². The summed E-state index contributed by atoms with van der Waals surface area (Å²) in [5.74, 6) is 0. The van der Waals surface area contributed by atoms with Gasteiger partial charge in [0.1, 0.15) is 0 Å². The van der Waals surface area contributed by atoms with Gasteiger partial charge < -0.3 is 5.73 Å². The van der Waals surface area contributed by atoms with Crippen LogP contribution in [0.1, 0.15) is 11.1 Å². The molecular formula is C10H12BrN. The predicted molar refractivity (Wildman–Crippen MR) is 57.0 cm³/mol. The number of hydrogen-bond donors (Lipinski definition) is 1. The van der Waals surface area contributed by atoms with E-state index < -0.39 is 0 Å². The van der Waals surface area contributed by atoms with Crippen LogP contribution in [0.25, 0.3) is 6.08 Å². The van der Waals surface area contributed by atoms with Crippen LogP contribution >= 0.6 is 15.9 Å². The molecule has 0 atom stereocenters. The summed E-state index contributed by atoms with van der Waals surface area (Å²) in [5.41, 5.74) is 7.84. The minimum atomic E-state index is 0.589. The van der Waals surface area contributed by atoms with Crippen molar-refractivity contribution in [3.8, 4) is 0 Å². The van der Waals surface area contributed by atoms with Crippen LogP contribution in [0, 0.1) is 6.92 Å². The van der Waals surface area contributed by atoms with Gasteiger partial charge in [-0.25, -0.2) is 0 Å². The van der Waals surface area contributed by atoms with Crippen LogP contribution in [-0.2, 0) is 0 Å². The lowest BCUT2D eigenvalue weighted by atomic mass is 10.1. The van der Waals surface area contributed by atoms with Crippen LogP contribution < -0.4 is 5.73 Å². The van der Waals surface area contributed by atoms with E-state index in [4.69, 9.17) is 5.73 Å². The highest BCUT2D eigenvalue weighted by molar-refractivity contribution is 9.10. The summed E-state index contributed by atoms with van der Waals surface area (Å²) in [5, 5.41) is 0. The summed E-state index contributed by atoms with van der Waals surface area (Å²) in [4.78, 5) is 0. The van der Waals surface area contributed by atoms with Crippen LogP contribution in [0.15, 0.2) is 28.7 Å². The lowest BCUT2D eigenvalue weighted by Gasteiger charge is -2.01. The summed E-state index contributed by atoms with van der Waals surface area (Å²) in [6.45, 7) is 2.67. The molecule has 64 valence electrons. The van der Waals surface area contributed by atoms with Gasteiger partial charge in [-0.2, -0.15) is 0 Å². The molecule has 2 heteroatoms. The lowest BCUT2D eigenvalue weighted by Crippen LogP contribution is -1.92. The first kappa shape index (κ1) is 9.49. The van der Waals surface area contributed by atoms with Gasteiger partial charge in [0, 0.05) is 11.0 Å². The summed E-state index contributed by atoms with van der Waals surface area (Å²) < 4.78 is 1.14. The molecule has 1 nitrogen and oxygen atoms in total. The highest BCUT2D eigenvalue weighted by Crippen LogP contribution is 2.20. The van der Waals surface area contributed by atoms with Gasteiger partial charge in [0.05, 0.1) is 0 Å². The number of hydrogen-bond acceptors (Lipinski definition) is 1. The Morgan fingerprint density at radius 1 is 1.50 bits per heavy atom. The van der Waals surface area contributed by atoms with Gasteiger partial charge in [0.15, 0.2) is 0 Å². The molecule has 0 aliphatic heterocycles. The molecule has 0 spiro atoms. The molecule has 0 bridgehead atoms. The fraction of sp³-hybridized carbons (Fsp3) is 0.200. The summed E-state index contributed by atoms with van der Waals surface area (Å²) >= 11 is 3.47. The van der Waals surface area contributed by atoms with Crippen molar-refractivity contribution in [1.82, 2.24) is 0 Å². The molecule has 0 saturated carbocycles. The number of halogens is 1. The zero-order chi connectivity index (χ0) is 8.97. The van der Waals surface area contributed by atoms with E-state index in [0.29, 0.717) is 6.54 Å². The molecule has 0 radical (unpaired) electrons. The summed E-state index contributed by atoms with van der Waals surface area (Å²) in [7, 11) is 0. The maximum absolute atomic E-state index is 5.37. The highest BCUT2D eigenvalue weighted by Gasteiger charge is 1.96. The maximum atomic E-state index is 5.37. The standard InChI is InChI=1S/C10H12BrN/c1-8-9(5-3-7-12)4-2-6-10(8)11/h2-6H,7,12H2,1H3/b5-3+. The minimum Gasteiger partial charge on any atom is -0.327 e. The third-order valence-electron chi connectivity index (χ3n) is 1.74. The molecule has 2 N–H and O–H groups in total. The molecule has 0 aromatic heterocycles. The SMILES string of the molecule is Cc1c(Br)cccc1/C=C/CN. The van der Waals surface area contributed by atoms with Crippen LogP contribution in [0.5, 0.6) is 0 Å². The van der Waals surface area contributed by atoms with Gasteiger partial charge in [0.25, 0.3) is 0 Å². The molecule has 12 heavy (non-hydrogen) atoms. The highest BCUT2D eigenvalue weighted by atomic mass is 79.9. The van der Waals surface area contributed by atoms with Crippen LogP contribution in [-0.4, -0.2) is 6.54 Å². The van der Waals surface area contributed by atoms with E-state index in [1.807, 2.05) is 24.3 Å². The Hall–Kier alpha value is -0.600. The van der Waals surface area contributed by atoms with E-state index in [0.717, 1.165) is 4.47 Å². The smallest absolute Gasteiger partial charge is 0.0210 e. The monoisotopic (exact) mass is 225 g/mol. The zero-order valence-corrected chi connectivity index (χ0v) is 8.64. The number of rotatable bonds is 2. The molecule has 0 aliphatic carbocycles. The van der Waals surface area contributed by atoms with Crippen molar-refractivity contribution in [2.75, 3.05) is 6.54 Å². The predicted octanol–water partition coefficient (Wildman–Crippen LogP) is 2.73. The van der Waals surface area contributed by atoms with Gasteiger partial charge in [-0.1, -0.05) is 40.2 Å². The number of benzene rings is 1. The zero-order valence-electron chi connectivity index (χ0n) is 7.05. The average molecular weight is 226 g/mol. The Morgan fingerprint density at radius 3 is 2.92 bits per heavy atom. The Labute approximate surface area is 81.4 Å². The molecule has 1 aromatic carbocycles. The Morgan fingerprint density at radius 2 is 2.25 bits per heavy atom. The van der Waals surface area contributed by atoms with Crippen molar-refractivity contribution in [2.45, 2.75) is 6.92 Å². The fourth-order valence-corrected chi connectivity index (χ4v) is 1.38. The van der Waals surface area contributed by atoms with E-state index in [1.54, 1.807) is 0 Å². The maximum Gasteiger partial charge on any atom is 0.0210 e. The topological polar surface area (TPSA) is 26.0 Å². The van der Waals surface area contributed by atoms with Gasteiger partial charge in [0.2, 0.25) is 0 Å². The van der Waals surface area contributed by atoms with Gasteiger partial charge >= 0.3 is 0 Å². The summed E-state index contributed by atoms with van der Waals surface area (Å²) in [6.07, 6.45) is 3.99. The third-order valence-corrected chi connectivity index (χ3v) is 2.60. The number of nitrogens with two attached hydrogens (primary N) is 1. The van der Waals surface area contributed by atoms with E-state index in [1.165, 1.54) is 11.1 Å². The van der Waals surface area contributed by atoms with Crippen molar-refractivity contribution in [1.29, 1.82) is 0 Å². The normalized spacial score (nSPS) is 10.9. The van der Waals surface area contributed by atoms with E-state index in [2.05, 4.69) is 28.9 Å². The Balaban J connectivity index is 3.00. The molecule has 0 fully saturated rings. The Kier molecular flexibility index (Phi) is 3.50. The quantitative estimate of drug-likeness (QED) is 0.824. The van der Waals surface area contributed by atoms with Crippen molar-refractivity contribution in [3.63, 3.8) is 0 Å². The fourth-order valence-electron chi connectivity index (χ4n) is 1.000. The van der Waals surface area contributed by atoms with Crippen LogP contribution in [0.4, 0.5) is 0 Å². The largest absolute Gasteiger partial charge is 0.327 e. The van der Waals surface area contributed by atoms with E-state index in [-0.39, 0.29) is 0 Å². The minimum absolute atomic E-state index is 0.589. The molecule has 0 saturated heterocycles. The van der Waals surface area contributed by atoms with Crippen molar-refractivity contribution in [3.05, 3.63) is 39.9 Å². The second-order valence-electron chi connectivity index (χ2n) is 2.59.